The zero-order chi connectivity index (χ0) is 42.3. The number of benzene rings is 3. The van der Waals surface area contributed by atoms with Crippen LogP contribution in [0.25, 0.3) is 72.7 Å². The summed E-state index contributed by atoms with van der Waals surface area (Å²) in [4.78, 5) is 23.7. The van der Waals surface area contributed by atoms with Gasteiger partial charge in [0.15, 0.2) is 0 Å². The van der Waals surface area contributed by atoms with Gasteiger partial charge in [-0.05, 0) is 86.5 Å². The molecule has 315 valence electrons. The molecule has 1 aliphatic carbocycles. The van der Waals surface area contributed by atoms with E-state index < -0.39 is 13.3 Å². The summed E-state index contributed by atoms with van der Waals surface area (Å²) in [6.07, 6.45) is 14.1. The number of hydrogen-bond acceptors (Lipinski definition) is 6. The number of fused-ring (bicyclic) bond motifs is 4. The Bertz CT molecular complexity index is 3000. The summed E-state index contributed by atoms with van der Waals surface area (Å²) in [7, 11) is 0. The van der Waals surface area contributed by atoms with Crippen LogP contribution in [0.15, 0.2) is 114 Å². The second-order valence-electron chi connectivity index (χ2n) is 17.7. The quantitative estimate of drug-likeness (QED) is 0.117. The summed E-state index contributed by atoms with van der Waals surface area (Å²) >= 11 is -1.89. The molecule has 0 spiro atoms. The maximum atomic E-state index is 6.29. The Kier molecular flexibility index (Phi) is 12.7. The SMILES string of the molecule is Cc1cc2nc(-c3[c-]cnc4c3oc3nc(C)ccc34)n(-c3c(C)cc(-c4ccccc4)cc3C)c2cn1.[CH3][Ge]([CH3])([CH3])[c]1cnc(-c2[c-]cccc2)cc1CC1CCCCC1.[Ir]. The molecule has 10 rings (SSSR count). The Labute approximate surface area is 381 Å². The monoisotopic (exact) mass is 1060 g/mol. The number of rotatable bonds is 7. The second-order valence-corrected chi connectivity index (χ2v) is 28.3. The normalized spacial score (nSPS) is 13.3. The van der Waals surface area contributed by atoms with E-state index in [1.54, 1.807) is 16.2 Å². The number of imidazole rings is 1. The van der Waals surface area contributed by atoms with E-state index in [0.29, 0.717) is 11.3 Å². The molecule has 9 aromatic rings. The molecule has 62 heavy (non-hydrogen) atoms. The van der Waals surface area contributed by atoms with Crippen LogP contribution in [0.3, 0.4) is 0 Å². The summed E-state index contributed by atoms with van der Waals surface area (Å²) in [6.45, 7) is 8.22. The molecule has 0 N–H and O–H groups in total. The third-order valence-corrected chi connectivity index (χ3v) is 16.4. The molecule has 0 amide bonds. The zero-order valence-electron chi connectivity index (χ0n) is 36.6. The maximum absolute atomic E-state index is 6.29. The minimum absolute atomic E-state index is 0. The number of nitrogens with zero attached hydrogens (tertiary/aromatic N) is 6. The first-order valence-electron chi connectivity index (χ1n) is 21.6. The summed E-state index contributed by atoms with van der Waals surface area (Å²) in [5, 5.41) is 0.876. The summed E-state index contributed by atoms with van der Waals surface area (Å²) in [5.74, 6) is 9.05. The Morgan fingerprint density at radius 3 is 2.23 bits per heavy atom. The predicted molar refractivity (Wildman–Crippen MR) is 252 cm³/mol. The van der Waals surface area contributed by atoms with Crippen molar-refractivity contribution in [2.24, 2.45) is 5.92 Å². The molecule has 0 bridgehead atoms. The Hall–Kier alpha value is -5.28. The average molecular weight is 1050 g/mol. The third-order valence-electron chi connectivity index (χ3n) is 12.0. The van der Waals surface area contributed by atoms with Crippen molar-refractivity contribution in [1.29, 1.82) is 0 Å². The molecule has 9 heteroatoms. The first-order chi connectivity index (χ1) is 29.5. The summed E-state index contributed by atoms with van der Waals surface area (Å²) < 4.78 is 10.1. The molecule has 3 aromatic carbocycles. The van der Waals surface area contributed by atoms with Gasteiger partial charge in [0.05, 0.1) is 33.7 Å². The first-order valence-corrected chi connectivity index (χ1v) is 28.9. The number of aryl methyl sites for hydroxylation is 4. The van der Waals surface area contributed by atoms with Gasteiger partial charge in [-0.25, -0.2) is 4.98 Å². The van der Waals surface area contributed by atoms with Crippen LogP contribution in [0.2, 0.25) is 17.3 Å². The minimum atomic E-state index is -1.89. The standard InChI is InChI=1S/C32H24N5O.C21H28GeN.Ir/c1-18-14-23(22-8-6-5-7-9-22)15-19(2)29(18)37-27-17-34-21(4)16-26(27)36-31(37)25-12-13-33-28-24-11-10-20(3)35-32(24)38-30(25)28;1-22(2,3)20-16-23-21(18-12-8-5-9-13-18)15-19(20)14-17-10-6-4-7-11-17;/h5-11,13-17H,1-4H3;5,8-9,12,15-17H,4,6-7,10-11,14H2,1-3H3;/q2*-1;. The van der Waals surface area contributed by atoms with Crippen LogP contribution in [0.5, 0.6) is 0 Å². The van der Waals surface area contributed by atoms with Crippen molar-refractivity contribution in [1.82, 2.24) is 29.5 Å². The molecule has 0 saturated heterocycles. The molecule has 0 atom stereocenters. The Balaban J connectivity index is 0.000000190. The van der Waals surface area contributed by atoms with Gasteiger partial charge in [0.25, 0.3) is 0 Å². The van der Waals surface area contributed by atoms with Crippen LogP contribution in [-0.4, -0.2) is 42.8 Å². The topological polar surface area (TPSA) is 82.5 Å². The Morgan fingerprint density at radius 2 is 1.50 bits per heavy atom. The van der Waals surface area contributed by atoms with Crippen LogP contribution in [0.1, 0.15) is 60.2 Å². The third kappa shape index (κ3) is 8.83. The van der Waals surface area contributed by atoms with E-state index >= 15 is 0 Å². The van der Waals surface area contributed by atoms with E-state index in [2.05, 4.69) is 124 Å². The number of furan rings is 1. The van der Waals surface area contributed by atoms with Crippen molar-refractivity contribution in [2.45, 2.75) is 83.5 Å². The van der Waals surface area contributed by atoms with Crippen molar-refractivity contribution in [2.75, 3.05) is 0 Å². The van der Waals surface area contributed by atoms with Crippen molar-refractivity contribution >= 4 is 50.9 Å². The fraction of sp³-hybridized carbons (Fsp3) is 0.264. The number of aromatic nitrogens is 6. The van der Waals surface area contributed by atoms with Crippen LogP contribution in [-0.2, 0) is 26.5 Å². The van der Waals surface area contributed by atoms with Gasteiger partial charge in [0.1, 0.15) is 0 Å². The van der Waals surface area contributed by atoms with Gasteiger partial charge in [-0.3, -0.25) is 15.0 Å². The van der Waals surface area contributed by atoms with E-state index in [-0.39, 0.29) is 20.1 Å². The molecule has 7 nitrogen and oxygen atoms in total. The van der Waals surface area contributed by atoms with Gasteiger partial charge >= 0.3 is 144 Å². The van der Waals surface area contributed by atoms with E-state index in [4.69, 9.17) is 14.4 Å². The van der Waals surface area contributed by atoms with Crippen LogP contribution in [0.4, 0.5) is 0 Å². The maximum Gasteiger partial charge on any atom is 0 e. The molecular formula is C53H52GeIrN6O-2. The summed E-state index contributed by atoms with van der Waals surface area (Å²) in [5.41, 5.74) is 15.8. The molecule has 1 radical (unpaired) electrons. The van der Waals surface area contributed by atoms with Crippen molar-refractivity contribution in [3.63, 3.8) is 0 Å². The van der Waals surface area contributed by atoms with E-state index in [1.165, 1.54) is 49.7 Å². The van der Waals surface area contributed by atoms with E-state index in [1.807, 2.05) is 56.4 Å². The Morgan fingerprint density at radius 1 is 0.742 bits per heavy atom. The first kappa shape index (κ1) is 43.4. The van der Waals surface area contributed by atoms with E-state index in [9.17, 15) is 0 Å². The van der Waals surface area contributed by atoms with Gasteiger partial charge in [-0.1, -0.05) is 30.3 Å². The van der Waals surface area contributed by atoms with E-state index in [0.717, 1.165) is 78.7 Å². The molecule has 0 unspecified atom stereocenters. The molecular weight excluding hydrogens is 1000 g/mol. The fourth-order valence-corrected chi connectivity index (χ4v) is 12.4. The van der Waals surface area contributed by atoms with Gasteiger partial charge in [-0.15, -0.1) is 11.6 Å². The van der Waals surface area contributed by atoms with Crippen LogP contribution in [0, 0.1) is 45.7 Å². The van der Waals surface area contributed by atoms with Gasteiger partial charge in [0.2, 0.25) is 5.71 Å². The summed E-state index contributed by atoms with van der Waals surface area (Å²) in [6, 6.07) is 38.1. The zero-order valence-corrected chi connectivity index (χ0v) is 41.1. The molecule has 6 aromatic heterocycles. The predicted octanol–water partition coefficient (Wildman–Crippen LogP) is 12.7. The van der Waals surface area contributed by atoms with Gasteiger partial charge in [-0.2, -0.15) is 0 Å². The average Bonchev–Trinajstić information content (AvgIpc) is 3.82. The van der Waals surface area contributed by atoms with Crippen molar-refractivity contribution < 1.29 is 24.5 Å². The van der Waals surface area contributed by atoms with Gasteiger partial charge in [0, 0.05) is 43.0 Å². The van der Waals surface area contributed by atoms with Gasteiger partial charge < -0.3 is 8.98 Å². The number of hydrogen-bond donors (Lipinski definition) is 0. The van der Waals surface area contributed by atoms with Crippen LogP contribution < -0.4 is 4.40 Å². The molecule has 1 saturated carbocycles. The molecule has 1 aliphatic rings. The van der Waals surface area contributed by atoms with Crippen molar-refractivity contribution in [3.05, 3.63) is 150 Å². The second kappa shape index (κ2) is 18.2. The number of pyridine rings is 4. The van der Waals surface area contributed by atoms with Crippen molar-refractivity contribution in [3.8, 4) is 39.5 Å². The smallest absolute Gasteiger partial charge is 0 e. The molecule has 0 aliphatic heterocycles. The molecule has 6 heterocycles. The fourth-order valence-electron chi connectivity index (χ4n) is 9.07. The largest absolute Gasteiger partial charge is 0 e. The molecule has 1 fully saturated rings. The van der Waals surface area contributed by atoms with Crippen LogP contribution >= 0.6 is 0 Å². The minimum Gasteiger partial charge on any atom is 0 e.